The average Bonchev–Trinajstić information content (AvgIpc) is 2.59. The van der Waals surface area contributed by atoms with Crippen molar-refractivity contribution in [1.29, 1.82) is 0 Å². The van der Waals surface area contributed by atoms with Gasteiger partial charge in [0.2, 0.25) is 0 Å². The molecular weight excluding hydrogens is 194 g/mol. The number of carbonyl (C=O) groups excluding carboxylic acids is 1. The number of rotatable bonds is 5. The summed E-state index contributed by atoms with van der Waals surface area (Å²) in [4.78, 5) is 10.4. The number of primary amides is 1. The Morgan fingerprint density at radius 3 is 2.80 bits per heavy atom. The predicted octanol–water partition coefficient (Wildman–Crippen LogP) is 0.907. The highest BCUT2D eigenvalue weighted by molar-refractivity contribution is 5.71. The Kier molecular flexibility index (Phi) is 4.17. The summed E-state index contributed by atoms with van der Waals surface area (Å²) in [5, 5.41) is 5.71. The second-order valence-electron chi connectivity index (χ2n) is 3.42. The number of aryl methyl sites for hydroxylation is 1. The quantitative estimate of drug-likeness (QED) is 0.633. The monoisotopic (exact) mass is 211 g/mol. The van der Waals surface area contributed by atoms with Gasteiger partial charge in [0, 0.05) is 13.1 Å². The van der Waals surface area contributed by atoms with E-state index in [1.807, 2.05) is 26.0 Å². The molecule has 0 aliphatic rings. The first-order chi connectivity index (χ1) is 7.09. The molecular formula is C10H17N3O2. The van der Waals surface area contributed by atoms with Crippen molar-refractivity contribution < 1.29 is 9.21 Å². The van der Waals surface area contributed by atoms with Crippen LogP contribution < -0.4 is 16.4 Å². The lowest BCUT2D eigenvalue weighted by Crippen LogP contribution is -2.35. The fourth-order valence-electron chi connectivity index (χ4n) is 1.26. The van der Waals surface area contributed by atoms with Crippen LogP contribution >= 0.6 is 0 Å². The van der Waals surface area contributed by atoms with E-state index in [4.69, 9.17) is 10.2 Å². The summed E-state index contributed by atoms with van der Waals surface area (Å²) in [6.07, 6.45) is 0. The van der Waals surface area contributed by atoms with Gasteiger partial charge in [-0.1, -0.05) is 0 Å². The van der Waals surface area contributed by atoms with Gasteiger partial charge in [-0.15, -0.1) is 0 Å². The molecule has 0 saturated carbocycles. The van der Waals surface area contributed by atoms with E-state index in [0.717, 1.165) is 11.5 Å². The highest BCUT2D eigenvalue weighted by atomic mass is 16.3. The molecule has 0 aliphatic carbocycles. The Bertz CT molecular complexity index is 322. The molecule has 0 radical (unpaired) electrons. The van der Waals surface area contributed by atoms with E-state index in [9.17, 15) is 4.79 Å². The molecule has 1 rings (SSSR count). The molecule has 0 saturated heterocycles. The topological polar surface area (TPSA) is 80.3 Å². The predicted molar refractivity (Wildman–Crippen MR) is 57.4 cm³/mol. The molecule has 0 fully saturated rings. The lowest BCUT2D eigenvalue weighted by atomic mass is 10.2. The van der Waals surface area contributed by atoms with Gasteiger partial charge in [0.15, 0.2) is 0 Å². The zero-order valence-corrected chi connectivity index (χ0v) is 9.04. The van der Waals surface area contributed by atoms with Crippen molar-refractivity contribution >= 4 is 6.03 Å². The van der Waals surface area contributed by atoms with E-state index in [0.29, 0.717) is 13.1 Å². The molecule has 0 aliphatic heterocycles. The molecule has 1 aromatic rings. The van der Waals surface area contributed by atoms with Crippen LogP contribution in [0.25, 0.3) is 0 Å². The fraction of sp³-hybridized carbons (Fsp3) is 0.500. The third kappa shape index (κ3) is 4.03. The van der Waals surface area contributed by atoms with Gasteiger partial charge in [0.25, 0.3) is 0 Å². The minimum Gasteiger partial charge on any atom is -0.465 e. The van der Waals surface area contributed by atoms with Crippen LogP contribution in [-0.4, -0.2) is 19.1 Å². The van der Waals surface area contributed by atoms with Crippen molar-refractivity contribution in [2.45, 2.75) is 19.9 Å². The smallest absolute Gasteiger partial charge is 0.312 e. The number of hydrogen-bond acceptors (Lipinski definition) is 3. The van der Waals surface area contributed by atoms with E-state index in [1.54, 1.807) is 0 Å². The van der Waals surface area contributed by atoms with Gasteiger partial charge in [-0.2, -0.15) is 0 Å². The van der Waals surface area contributed by atoms with Gasteiger partial charge in [-0.25, -0.2) is 4.79 Å². The van der Waals surface area contributed by atoms with Crippen LogP contribution in [0.15, 0.2) is 16.5 Å². The maximum atomic E-state index is 10.4. The molecule has 0 spiro atoms. The summed E-state index contributed by atoms with van der Waals surface area (Å²) >= 11 is 0. The number of urea groups is 1. The second-order valence-corrected chi connectivity index (χ2v) is 3.42. The maximum Gasteiger partial charge on any atom is 0.312 e. The minimum atomic E-state index is -0.502. The first-order valence-corrected chi connectivity index (χ1v) is 4.92. The van der Waals surface area contributed by atoms with Crippen LogP contribution in [0.1, 0.15) is 24.5 Å². The molecule has 0 bridgehead atoms. The first kappa shape index (κ1) is 11.6. The summed E-state index contributed by atoms with van der Waals surface area (Å²) in [7, 11) is 0. The minimum absolute atomic E-state index is 0.133. The Morgan fingerprint density at radius 1 is 1.53 bits per heavy atom. The number of nitrogens with one attached hydrogen (secondary N) is 2. The van der Waals surface area contributed by atoms with Gasteiger partial charge in [-0.3, -0.25) is 0 Å². The fourth-order valence-corrected chi connectivity index (χ4v) is 1.26. The van der Waals surface area contributed by atoms with Crippen LogP contribution in [0.3, 0.4) is 0 Å². The number of nitrogens with two attached hydrogens (primary N) is 1. The lowest BCUT2D eigenvalue weighted by Gasteiger charge is -2.11. The van der Waals surface area contributed by atoms with Crippen LogP contribution in [0.4, 0.5) is 4.79 Å². The average molecular weight is 211 g/mol. The van der Waals surface area contributed by atoms with E-state index in [2.05, 4.69) is 10.6 Å². The highest BCUT2D eigenvalue weighted by Crippen LogP contribution is 2.14. The van der Waals surface area contributed by atoms with Crippen LogP contribution in [0, 0.1) is 6.92 Å². The molecule has 84 valence electrons. The van der Waals surface area contributed by atoms with E-state index >= 15 is 0 Å². The third-order valence-corrected chi connectivity index (χ3v) is 2.06. The zero-order chi connectivity index (χ0) is 11.3. The van der Waals surface area contributed by atoms with Crippen molar-refractivity contribution in [3.63, 3.8) is 0 Å². The number of furan rings is 1. The van der Waals surface area contributed by atoms with Crippen molar-refractivity contribution in [2.24, 2.45) is 5.73 Å². The SMILES string of the molecule is Cc1ccc(C(C)NCCNC(N)=O)o1. The first-order valence-electron chi connectivity index (χ1n) is 4.92. The van der Waals surface area contributed by atoms with Crippen LogP contribution in [0.5, 0.6) is 0 Å². The number of carbonyl (C=O) groups is 1. The summed E-state index contributed by atoms with van der Waals surface area (Å²) in [5.74, 6) is 1.79. The van der Waals surface area contributed by atoms with E-state index in [-0.39, 0.29) is 6.04 Å². The van der Waals surface area contributed by atoms with Crippen molar-refractivity contribution in [3.05, 3.63) is 23.7 Å². The normalized spacial score (nSPS) is 12.4. The van der Waals surface area contributed by atoms with Gasteiger partial charge in [0.1, 0.15) is 11.5 Å². The van der Waals surface area contributed by atoms with Crippen molar-refractivity contribution in [1.82, 2.24) is 10.6 Å². The van der Waals surface area contributed by atoms with E-state index in [1.165, 1.54) is 0 Å². The zero-order valence-electron chi connectivity index (χ0n) is 9.04. The molecule has 1 unspecified atom stereocenters. The molecule has 1 heterocycles. The van der Waals surface area contributed by atoms with Crippen LogP contribution in [0.2, 0.25) is 0 Å². The Hall–Kier alpha value is -1.49. The summed E-state index contributed by atoms with van der Waals surface area (Å²) < 4.78 is 5.45. The Labute approximate surface area is 89.0 Å². The largest absolute Gasteiger partial charge is 0.465 e. The summed E-state index contributed by atoms with van der Waals surface area (Å²) in [5.41, 5.74) is 4.93. The van der Waals surface area contributed by atoms with Gasteiger partial charge in [-0.05, 0) is 26.0 Å². The van der Waals surface area contributed by atoms with Crippen molar-refractivity contribution in [2.75, 3.05) is 13.1 Å². The standard InChI is InChI=1S/C10H17N3O2/c1-7-3-4-9(15-7)8(2)12-5-6-13-10(11)14/h3-4,8,12H,5-6H2,1-2H3,(H3,11,13,14). The Morgan fingerprint density at radius 2 is 2.27 bits per heavy atom. The van der Waals surface area contributed by atoms with Gasteiger partial charge in [0.05, 0.1) is 6.04 Å². The number of hydrogen-bond donors (Lipinski definition) is 3. The van der Waals surface area contributed by atoms with Gasteiger partial charge >= 0.3 is 6.03 Å². The maximum absolute atomic E-state index is 10.4. The third-order valence-electron chi connectivity index (χ3n) is 2.06. The molecule has 5 heteroatoms. The van der Waals surface area contributed by atoms with Gasteiger partial charge < -0.3 is 20.8 Å². The highest BCUT2D eigenvalue weighted by Gasteiger charge is 2.07. The van der Waals surface area contributed by atoms with Crippen LogP contribution in [-0.2, 0) is 0 Å². The Balaban J connectivity index is 2.24. The summed E-state index contributed by atoms with van der Waals surface area (Å²) in [6, 6.07) is 3.50. The van der Waals surface area contributed by atoms with E-state index < -0.39 is 6.03 Å². The molecule has 15 heavy (non-hydrogen) atoms. The molecule has 4 N–H and O–H groups in total. The molecule has 1 aromatic heterocycles. The molecule has 1 atom stereocenters. The molecule has 2 amide bonds. The molecule has 5 nitrogen and oxygen atoms in total. The van der Waals surface area contributed by atoms with Crippen molar-refractivity contribution in [3.8, 4) is 0 Å². The lowest BCUT2D eigenvalue weighted by molar-refractivity contribution is 0.248. The summed E-state index contributed by atoms with van der Waals surface area (Å²) in [6.45, 7) is 5.08. The molecule has 0 aromatic carbocycles. The number of amides is 2. The second kappa shape index (κ2) is 5.41.